The summed E-state index contributed by atoms with van der Waals surface area (Å²) in [5.74, 6) is -0.173. The number of hydrogen-bond donors (Lipinski definition) is 0. The first-order valence-electron chi connectivity index (χ1n) is 9.35. The molecule has 6 nitrogen and oxygen atoms in total. The van der Waals surface area contributed by atoms with E-state index in [0.29, 0.717) is 19.6 Å². The smallest absolute Gasteiger partial charge is 0.308 e. The minimum Gasteiger partial charge on any atom is -0.497 e. The van der Waals surface area contributed by atoms with Crippen molar-refractivity contribution in [2.24, 2.45) is 0 Å². The van der Waals surface area contributed by atoms with Crippen molar-refractivity contribution in [1.29, 1.82) is 0 Å². The Balaban J connectivity index is 1.67. The highest BCUT2D eigenvalue weighted by Crippen LogP contribution is 2.31. The van der Waals surface area contributed by atoms with Gasteiger partial charge in [-0.2, -0.15) is 0 Å². The lowest BCUT2D eigenvalue weighted by atomic mass is 10.1. The van der Waals surface area contributed by atoms with E-state index in [4.69, 9.17) is 23.7 Å². The van der Waals surface area contributed by atoms with Crippen LogP contribution < -0.4 is 4.74 Å². The predicted octanol–water partition coefficient (Wildman–Crippen LogP) is 4.39. The number of carbonyl (C=O) groups is 1. The third-order valence-corrected chi connectivity index (χ3v) is 4.70. The van der Waals surface area contributed by atoms with Crippen molar-refractivity contribution in [3.8, 4) is 5.75 Å². The van der Waals surface area contributed by atoms with Crippen LogP contribution in [0.25, 0.3) is 0 Å². The molecule has 0 unspecified atom stereocenters. The fourth-order valence-electron chi connectivity index (χ4n) is 2.91. The zero-order valence-corrected chi connectivity index (χ0v) is 19.0. The lowest BCUT2D eigenvalue weighted by Gasteiger charge is -2.18. The van der Waals surface area contributed by atoms with Crippen molar-refractivity contribution >= 4 is 28.6 Å². The standard InChI is InChI=1S/C21H29IO6/c1-15(10-12-25-14-16-5-7-17(24-4)8-6-16)26-20(23)13-19-18(9-11-22)27-21(2,3)28-19/h5-9,11,15,18-19H,10,12-14H2,1-4H3/b11-9+/t15-,18-,19-/m0/s1. The summed E-state index contributed by atoms with van der Waals surface area (Å²) in [5.41, 5.74) is 1.07. The molecule has 1 aromatic carbocycles. The van der Waals surface area contributed by atoms with E-state index in [1.807, 2.05) is 55.2 Å². The lowest BCUT2D eigenvalue weighted by Crippen LogP contribution is -2.27. The molecule has 1 aliphatic heterocycles. The first-order chi connectivity index (χ1) is 13.3. The van der Waals surface area contributed by atoms with Crippen LogP contribution in [0.1, 0.15) is 39.2 Å². The van der Waals surface area contributed by atoms with Crippen LogP contribution in [0.2, 0.25) is 0 Å². The second-order valence-corrected chi connectivity index (χ2v) is 7.87. The Hall–Kier alpha value is -1.16. The van der Waals surface area contributed by atoms with E-state index in [1.165, 1.54) is 0 Å². The maximum atomic E-state index is 12.2. The molecule has 0 aliphatic carbocycles. The molecule has 156 valence electrons. The van der Waals surface area contributed by atoms with Crippen molar-refractivity contribution in [2.75, 3.05) is 13.7 Å². The summed E-state index contributed by atoms with van der Waals surface area (Å²) in [6.45, 7) is 6.57. The van der Waals surface area contributed by atoms with Crippen LogP contribution in [-0.2, 0) is 30.3 Å². The summed E-state index contributed by atoms with van der Waals surface area (Å²) in [7, 11) is 1.64. The van der Waals surface area contributed by atoms with Crippen LogP contribution in [0.3, 0.4) is 0 Å². The molecule has 0 spiro atoms. The number of halogens is 1. The van der Waals surface area contributed by atoms with Gasteiger partial charge in [-0.3, -0.25) is 4.79 Å². The van der Waals surface area contributed by atoms with Gasteiger partial charge in [0, 0.05) is 6.42 Å². The molecular weight excluding hydrogens is 475 g/mol. The highest BCUT2D eigenvalue weighted by atomic mass is 127. The summed E-state index contributed by atoms with van der Waals surface area (Å²) in [5, 5.41) is 0. The number of methoxy groups -OCH3 is 1. The Bertz CT molecular complexity index is 643. The number of benzene rings is 1. The van der Waals surface area contributed by atoms with Gasteiger partial charge in [0.05, 0.1) is 26.7 Å². The Morgan fingerprint density at radius 2 is 2.00 bits per heavy atom. The van der Waals surface area contributed by atoms with Crippen LogP contribution in [-0.4, -0.2) is 43.8 Å². The molecule has 0 amide bonds. The maximum absolute atomic E-state index is 12.2. The highest BCUT2D eigenvalue weighted by molar-refractivity contribution is 14.1. The summed E-state index contributed by atoms with van der Waals surface area (Å²) in [6, 6.07) is 7.74. The van der Waals surface area contributed by atoms with Crippen LogP contribution >= 0.6 is 22.6 Å². The lowest BCUT2D eigenvalue weighted by molar-refractivity contribution is -0.158. The molecule has 1 aromatic rings. The molecule has 1 heterocycles. The number of carbonyl (C=O) groups excluding carboxylic acids is 1. The van der Waals surface area contributed by atoms with Gasteiger partial charge in [-0.25, -0.2) is 0 Å². The molecule has 0 saturated carbocycles. The molecule has 3 atom stereocenters. The zero-order chi connectivity index (χ0) is 20.6. The van der Waals surface area contributed by atoms with Gasteiger partial charge in [0.25, 0.3) is 0 Å². The third-order valence-electron chi connectivity index (χ3n) is 4.28. The normalized spacial score (nSPS) is 22.3. The van der Waals surface area contributed by atoms with E-state index in [-0.39, 0.29) is 30.7 Å². The third kappa shape index (κ3) is 7.69. The fourth-order valence-corrected chi connectivity index (χ4v) is 3.32. The van der Waals surface area contributed by atoms with Gasteiger partial charge in [0.15, 0.2) is 5.79 Å². The van der Waals surface area contributed by atoms with Crippen molar-refractivity contribution in [3.63, 3.8) is 0 Å². The Kier molecular flexibility index (Phi) is 9.20. The summed E-state index contributed by atoms with van der Waals surface area (Å²) in [4.78, 5) is 12.2. The molecule has 0 radical (unpaired) electrons. The second kappa shape index (κ2) is 11.1. The van der Waals surface area contributed by atoms with E-state index < -0.39 is 5.79 Å². The van der Waals surface area contributed by atoms with Gasteiger partial charge < -0.3 is 23.7 Å². The molecule has 0 aromatic heterocycles. The first kappa shape index (κ1) is 23.1. The maximum Gasteiger partial charge on any atom is 0.308 e. The molecule has 0 bridgehead atoms. The van der Waals surface area contributed by atoms with Crippen molar-refractivity contribution in [2.45, 2.75) is 64.3 Å². The molecule has 1 aliphatic rings. The highest BCUT2D eigenvalue weighted by Gasteiger charge is 2.41. The summed E-state index contributed by atoms with van der Waals surface area (Å²) < 4.78 is 29.8. The van der Waals surface area contributed by atoms with Crippen LogP contribution in [0.4, 0.5) is 0 Å². The van der Waals surface area contributed by atoms with Crippen LogP contribution in [0, 0.1) is 0 Å². The van der Waals surface area contributed by atoms with E-state index in [0.717, 1.165) is 11.3 Å². The quantitative estimate of drug-likeness (QED) is 0.268. The summed E-state index contributed by atoms with van der Waals surface area (Å²) in [6.07, 6.45) is 1.87. The minimum absolute atomic E-state index is 0.159. The van der Waals surface area contributed by atoms with Gasteiger partial charge in [0.2, 0.25) is 0 Å². The number of hydrogen-bond acceptors (Lipinski definition) is 6. The molecule has 0 N–H and O–H groups in total. The molecule has 2 rings (SSSR count). The van der Waals surface area contributed by atoms with E-state index >= 15 is 0 Å². The molecule has 1 saturated heterocycles. The second-order valence-electron chi connectivity index (χ2n) is 7.15. The van der Waals surface area contributed by atoms with Crippen molar-refractivity contribution < 1.29 is 28.5 Å². The van der Waals surface area contributed by atoms with Crippen LogP contribution in [0.5, 0.6) is 5.75 Å². The number of rotatable bonds is 10. The Morgan fingerprint density at radius 3 is 2.64 bits per heavy atom. The average molecular weight is 504 g/mol. The predicted molar refractivity (Wildman–Crippen MR) is 114 cm³/mol. The first-order valence-corrected chi connectivity index (χ1v) is 10.6. The van der Waals surface area contributed by atoms with Gasteiger partial charge in [0.1, 0.15) is 24.1 Å². The van der Waals surface area contributed by atoms with Crippen molar-refractivity contribution in [1.82, 2.24) is 0 Å². The average Bonchev–Trinajstić information content (AvgIpc) is 2.92. The Labute approximate surface area is 180 Å². The molecule has 28 heavy (non-hydrogen) atoms. The van der Waals surface area contributed by atoms with Gasteiger partial charge in [-0.05, 0) is 48.6 Å². The SMILES string of the molecule is COc1ccc(COCC[C@H](C)OC(=O)C[C@@H]2OC(C)(C)O[C@H]2/C=C/I)cc1. The van der Waals surface area contributed by atoms with Gasteiger partial charge >= 0.3 is 5.97 Å². The van der Waals surface area contributed by atoms with E-state index in [2.05, 4.69) is 22.6 Å². The molecule has 7 heteroatoms. The Morgan fingerprint density at radius 1 is 1.29 bits per heavy atom. The fraction of sp³-hybridized carbons (Fsp3) is 0.571. The monoisotopic (exact) mass is 504 g/mol. The summed E-state index contributed by atoms with van der Waals surface area (Å²) >= 11 is 2.13. The molecule has 1 fully saturated rings. The minimum atomic E-state index is -0.702. The number of esters is 1. The number of ether oxygens (including phenoxy) is 5. The van der Waals surface area contributed by atoms with E-state index in [9.17, 15) is 4.79 Å². The molecular formula is C21H29IO6. The van der Waals surface area contributed by atoms with Gasteiger partial charge in [-0.15, -0.1) is 0 Å². The zero-order valence-electron chi connectivity index (χ0n) is 16.9. The van der Waals surface area contributed by atoms with Crippen molar-refractivity contribution in [3.05, 3.63) is 40.0 Å². The van der Waals surface area contributed by atoms with Crippen LogP contribution in [0.15, 0.2) is 34.4 Å². The van der Waals surface area contributed by atoms with E-state index in [1.54, 1.807) is 7.11 Å². The van der Waals surface area contributed by atoms with Gasteiger partial charge in [-0.1, -0.05) is 34.7 Å². The topological polar surface area (TPSA) is 63.2 Å². The largest absolute Gasteiger partial charge is 0.497 e.